The molecule has 3 aliphatic heterocycles. The second-order valence-corrected chi connectivity index (χ2v) is 5.36. The molecule has 3 saturated heterocycles. The summed E-state index contributed by atoms with van der Waals surface area (Å²) in [5.74, 6) is 0. The fraction of sp³-hybridized carbons (Fsp3) is 1.00. The van der Waals surface area contributed by atoms with Gasteiger partial charge < -0.3 is 39.4 Å². The molecule has 0 unspecified atom stereocenters. The zero-order valence-electron chi connectivity index (χ0n) is 11.2. The Hall–Kier alpha value is -0.320. The molecule has 3 aliphatic rings. The summed E-state index contributed by atoms with van der Waals surface area (Å²) < 4.78 is 20.0. The fourth-order valence-electron chi connectivity index (χ4n) is 2.31. The van der Waals surface area contributed by atoms with Crippen molar-refractivity contribution < 1.29 is 39.4 Å². The van der Waals surface area contributed by atoms with Crippen LogP contribution in [0.3, 0.4) is 0 Å². The van der Waals surface area contributed by atoms with Gasteiger partial charge in [-0.3, -0.25) is 0 Å². The SMILES string of the molecule is OCC1(CO)COCOC1.O[C@@H]1CO[C@H]2[C@@H]1OC[C@H]2O. The third-order valence-electron chi connectivity index (χ3n) is 3.66. The summed E-state index contributed by atoms with van der Waals surface area (Å²) in [4.78, 5) is 0. The topological polar surface area (TPSA) is 118 Å². The van der Waals surface area contributed by atoms with Crippen molar-refractivity contribution >= 4 is 0 Å². The number of hydrogen-bond acceptors (Lipinski definition) is 8. The molecule has 0 spiro atoms. The molecule has 0 aromatic heterocycles. The van der Waals surface area contributed by atoms with Crippen molar-refractivity contribution in [3.05, 3.63) is 0 Å². The van der Waals surface area contributed by atoms with Crippen LogP contribution < -0.4 is 0 Å². The Morgan fingerprint density at radius 3 is 1.65 bits per heavy atom. The van der Waals surface area contributed by atoms with E-state index < -0.39 is 17.6 Å². The van der Waals surface area contributed by atoms with E-state index in [0.29, 0.717) is 13.2 Å². The second-order valence-electron chi connectivity index (χ2n) is 5.36. The number of aliphatic hydroxyl groups excluding tert-OH is 4. The van der Waals surface area contributed by atoms with Gasteiger partial charge in [0.05, 0.1) is 45.1 Å². The fourth-order valence-corrected chi connectivity index (χ4v) is 2.31. The monoisotopic (exact) mass is 294 g/mol. The first-order valence-electron chi connectivity index (χ1n) is 6.58. The Morgan fingerprint density at radius 1 is 0.850 bits per heavy atom. The maximum Gasteiger partial charge on any atom is 0.146 e. The molecule has 118 valence electrons. The number of fused-ring (bicyclic) bond motifs is 1. The van der Waals surface area contributed by atoms with Crippen molar-refractivity contribution in [1.82, 2.24) is 0 Å². The van der Waals surface area contributed by atoms with Crippen molar-refractivity contribution in [1.29, 1.82) is 0 Å². The molecule has 3 heterocycles. The first-order valence-corrected chi connectivity index (χ1v) is 6.58. The summed E-state index contributed by atoms with van der Waals surface area (Å²) in [7, 11) is 0. The molecular weight excluding hydrogens is 272 g/mol. The van der Waals surface area contributed by atoms with Crippen molar-refractivity contribution in [2.24, 2.45) is 5.41 Å². The maximum absolute atomic E-state index is 9.16. The highest BCUT2D eigenvalue weighted by Gasteiger charge is 2.46. The Labute approximate surface area is 116 Å². The predicted octanol–water partition coefficient (Wildman–Crippen LogP) is -2.53. The smallest absolute Gasteiger partial charge is 0.146 e. The molecule has 3 rings (SSSR count). The van der Waals surface area contributed by atoms with Gasteiger partial charge in [-0.15, -0.1) is 0 Å². The van der Waals surface area contributed by atoms with Crippen LogP contribution >= 0.6 is 0 Å². The van der Waals surface area contributed by atoms with Crippen LogP contribution in [-0.2, 0) is 18.9 Å². The molecule has 0 aromatic rings. The zero-order chi connectivity index (χ0) is 14.6. The highest BCUT2D eigenvalue weighted by atomic mass is 16.7. The van der Waals surface area contributed by atoms with Crippen molar-refractivity contribution in [3.63, 3.8) is 0 Å². The van der Waals surface area contributed by atoms with Gasteiger partial charge in [-0.25, -0.2) is 0 Å². The van der Waals surface area contributed by atoms with Crippen LogP contribution in [0.25, 0.3) is 0 Å². The highest BCUT2D eigenvalue weighted by Crippen LogP contribution is 2.26. The standard InChI is InChI=1S/C6H10O4.C6H12O4/c7-3-1-9-6-4(8)2-10-5(3)6;7-1-6(2-8)3-9-5-10-4-6/h3-8H,1-2H2;7-8H,1-5H2/t3-,4-,5-,6-;/m1./s1. The molecule has 4 N–H and O–H groups in total. The van der Waals surface area contributed by atoms with E-state index in [9.17, 15) is 0 Å². The molecule has 4 atom stereocenters. The third kappa shape index (κ3) is 3.46. The molecule has 0 aliphatic carbocycles. The lowest BCUT2D eigenvalue weighted by Crippen LogP contribution is -2.43. The number of ether oxygens (including phenoxy) is 4. The van der Waals surface area contributed by atoms with Gasteiger partial charge in [0.25, 0.3) is 0 Å². The van der Waals surface area contributed by atoms with E-state index in [-0.39, 0.29) is 45.4 Å². The van der Waals surface area contributed by atoms with E-state index in [1.807, 2.05) is 0 Å². The quantitative estimate of drug-likeness (QED) is 0.440. The lowest BCUT2D eigenvalue weighted by atomic mass is 9.92. The largest absolute Gasteiger partial charge is 0.396 e. The molecule has 0 amide bonds. The number of aliphatic hydroxyl groups is 4. The molecule has 0 radical (unpaired) electrons. The molecule has 3 fully saturated rings. The van der Waals surface area contributed by atoms with Crippen LogP contribution in [0.1, 0.15) is 0 Å². The normalized spacial score (nSPS) is 39.0. The highest BCUT2D eigenvalue weighted by molar-refractivity contribution is 4.93. The van der Waals surface area contributed by atoms with Gasteiger partial charge >= 0.3 is 0 Å². The van der Waals surface area contributed by atoms with Gasteiger partial charge in [0.15, 0.2) is 0 Å². The Kier molecular flexibility index (Phi) is 5.70. The summed E-state index contributed by atoms with van der Waals surface area (Å²) >= 11 is 0. The first-order chi connectivity index (χ1) is 9.62. The molecule has 8 nitrogen and oxygen atoms in total. The van der Waals surface area contributed by atoms with Crippen molar-refractivity contribution in [2.75, 3.05) is 46.4 Å². The average molecular weight is 294 g/mol. The summed E-state index contributed by atoms with van der Waals surface area (Å²) in [6.45, 7) is 1.40. The summed E-state index contributed by atoms with van der Waals surface area (Å²) in [5, 5.41) is 36.0. The summed E-state index contributed by atoms with van der Waals surface area (Å²) in [5.41, 5.74) is -0.571. The molecule has 20 heavy (non-hydrogen) atoms. The van der Waals surface area contributed by atoms with E-state index in [0.717, 1.165) is 0 Å². The van der Waals surface area contributed by atoms with Gasteiger partial charge in [-0.1, -0.05) is 0 Å². The van der Waals surface area contributed by atoms with E-state index in [1.54, 1.807) is 0 Å². The maximum atomic E-state index is 9.16. The van der Waals surface area contributed by atoms with E-state index in [4.69, 9.17) is 39.4 Å². The van der Waals surface area contributed by atoms with Crippen LogP contribution in [-0.4, -0.2) is 91.3 Å². The Bertz CT molecular complexity index is 271. The zero-order valence-corrected chi connectivity index (χ0v) is 11.2. The molecule has 0 aromatic carbocycles. The Morgan fingerprint density at radius 2 is 1.30 bits per heavy atom. The molecule has 0 saturated carbocycles. The van der Waals surface area contributed by atoms with Crippen LogP contribution in [0.5, 0.6) is 0 Å². The van der Waals surface area contributed by atoms with Gasteiger partial charge in [-0.05, 0) is 0 Å². The second kappa shape index (κ2) is 7.10. The van der Waals surface area contributed by atoms with Crippen LogP contribution in [0.2, 0.25) is 0 Å². The third-order valence-corrected chi connectivity index (χ3v) is 3.66. The first kappa shape index (κ1) is 16.1. The summed E-state index contributed by atoms with van der Waals surface area (Å²) in [6.07, 6.45) is -1.70. The minimum Gasteiger partial charge on any atom is -0.396 e. The molecule has 0 bridgehead atoms. The van der Waals surface area contributed by atoms with E-state index in [1.165, 1.54) is 0 Å². The van der Waals surface area contributed by atoms with Crippen LogP contribution in [0.4, 0.5) is 0 Å². The number of rotatable bonds is 2. The van der Waals surface area contributed by atoms with Crippen LogP contribution in [0, 0.1) is 5.41 Å². The van der Waals surface area contributed by atoms with E-state index in [2.05, 4.69) is 0 Å². The minimum atomic E-state index is -0.571. The Balaban J connectivity index is 0.000000147. The predicted molar refractivity (Wildman–Crippen MR) is 64.9 cm³/mol. The van der Waals surface area contributed by atoms with Gasteiger partial charge in [0.1, 0.15) is 31.2 Å². The van der Waals surface area contributed by atoms with Crippen molar-refractivity contribution in [2.45, 2.75) is 24.4 Å². The van der Waals surface area contributed by atoms with Gasteiger partial charge in [0.2, 0.25) is 0 Å². The van der Waals surface area contributed by atoms with Crippen molar-refractivity contribution in [3.8, 4) is 0 Å². The van der Waals surface area contributed by atoms with Crippen LogP contribution in [0.15, 0.2) is 0 Å². The average Bonchev–Trinajstić information content (AvgIpc) is 3.05. The summed E-state index contributed by atoms with van der Waals surface area (Å²) in [6, 6.07) is 0. The number of hydrogen-bond donors (Lipinski definition) is 4. The lowest BCUT2D eigenvalue weighted by Gasteiger charge is -2.32. The minimum absolute atomic E-state index is 0.0938. The van der Waals surface area contributed by atoms with Gasteiger partial charge in [-0.2, -0.15) is 0 Å². The van der Waals surface area contributed by atoms with E-state index >= 15 is 0 Å². The van der Waals surface area contributed by atoms with Gasteiger partial charge in [0, 0.05) is 0 Å². The lowest BCUT2D eigenvalue weighted by molar-refractivity contribution is -0.187. The molecular formula is C12H22O8. The molecule has 8 heteroatoms.